The van der Waals surface area contributed by atoms with Crippen LogP contribution in [0.3, 0.4) is 0 Å². The molecule has 0 spiro atoms. The lowest BCUT2D eigenvalue weighted by atomic mass is 10.1. The number of carbonyl (C=O) groups is 1. The highest BCUT2D eigenvalue weighted by Gasteiger charge is 2.16. The van der Waals surface area contributed by atoms with E-state index in [1.165, 1.54) is 6.07 Å². The van der Waals surface area contributed by atoms with Gasteiger partial charge in [0.15, 0.2) is 0 Å². The van der Waals surface area contributed by atoms with Crippen LogP contribution in [0.25, 0.3) is 0 Å². The van der Waals surface area contributed by atoms with Crippen molar-refractivity contribution in [2.24, 2.45) is 0 Å². The Labute approximate surface area is 85.5 Å². The third kappa shape index (κ3) is 1.86. The molecule has 0 N–H and O–H groups in total. The van der Waals surface area contributed by atoms with Crippen molar-refractivity contribution in [2.45, 2.75) is 4.90 Å². The third-order valence-corrected chi connectivity index (χ3v) is 1.94. The summed E-state index contributed by atoms with van der Waals surface area (Å²) in [6.07, 6.45) is 0. The Hall–Kier alpha value is -1.54. The molecule has 0 heterocycles. The maximum Gasteiger partial charge on any atom is 0.341 e. The average Bonchev–Trinajstić information content (AvgIpc) is 2.16. The Balaban J connectivity index is 3.34. The molecule has 0 unspecified atom stereocenters. The fourth-order valence-corrected chi connectivity index (χ4v) is 1.30. The summed E-state index contributed by atoms with van der Waals surface area (Å²) in [7, 11) is 1.15. The first-order chi connectivity index (χ1) is 6.60. The number of thiol groups is 1. The summed E-state index contributed by atoms with van der Waals surface area (Å²) in [4.78, 5) is 11.2. The molecule has 5 heteroatoms. The predicted molar refractivity (Wildman–Crippen MR) is 49.7 cm³/mol. The van der Waals surface area contributed by atoms with Crippen LogP contribution in [0.15, 0.2) is 17.0 Å². The number of carbonyl (C=O) groups excluding carboxylic acids is 1. The zero-order valence-electron chi connectivity index (χ0n) is 7.24. The van der Waals surface area contributed by atoms with Gasteiger partial charge in [-0.1, -0.05) is 0 Å². The van der Waals surface area contributed by atoms with Crippen LogP contribution in [0, 0.1) is 17.1 Å². The Kier molecular flexibility index (Phi) is 3.10. The molecule has 0 saturated heterocycles. The van der Waals surface area contributed by atoms with E-state index in [2.05, 4.69) is 17.4 Å². The summed E-state index contributed by atoms with van der Waals surface area (Å²) in [6, 6.07) is 4.02. The minimum atomic E-state index is -0.808. The van der Waals surface area contributed by atoms with E-state index in [4.69, 9.17) is 5.26 Å². The van der Waals surface area contributed by atoms with E-state index in [9.17, 15) is 9.18 Å². The first-order valence-corrected chi connectivity index (χ1v) is 4.05. The van der Waals surface area contributed by atoms with Crippen LogP contribution in [0.4, 0.5) is 4.39 Å². The second-order valence-corrected chi connectivity index (χ2v) is 2.94. The van der Waals surface area contributed by atoms with Crippen molar-refractivity contribution in [1.82, 2.24) is 0 Å². The molecule has 72 valence electrons. The van der Waals surface area contributed by atoms with E-state index < -0.39 is 11.8 Å². The number of hydrogen-bond donors (Lipinski definition) is 1. The zero-order chi connectivity index (χ0) is 10.7. The van der Waals surface area contributed by atoms with Crippen LogP contribution < -0.4 is 0 Å². The molecule has 0 fully saturated rings. The van der Waals surface area contributed by atoms with Crippen molar-refractivity contribution in [3.05, 3.63) is 29.1 Å². The van der Waals surface area contributed by atoms with E-state index in [1.807, 2.05) is 0 Å². The SMILES string of the molecule is COC(=O)c1c(F)cc(C#N)cc1S. The second kappa shape index (κ2) is 4.11. The Morgan fingerprint density at radius 2 is 2.29 bits per heavy atom. The van der Waals surface area contributed by atoms with Gasteiger partial charge in [-0.05, 0) is 12.1 Å². The topological polar surface area (TPSA) is 50.1 Å². The largest absolute Gasteiger partial charge is 0.465 e. The van der Waals surface area contributed by atoms with Gasteiger partial charge in [0.1, 0.15) is 11.4 Å². The molecule has 1 rings (SSSR count). The van der Waals surface area contributed by atoms with Gasteiger partial charge in [0.05, 0.1) is 18.7 Å². The van der Waals surface area contributed by atoms with Crippen molar-refractivity contribution in [3.63, 3.8) is 0 Å². The monoisotopic (exact) mass is 211 g/mol. The highest BCUT2D eigenvalue weighted by molar-refractivity contribution is 7.80. The van der Waals surface area contributed by atoms with E-state index in [0.717, 1.165) is 13.2 Å². The van der Waals surface area contributed by atoms with Crippen LogP contribution >= 0.6 is 12.6 Å². The van der Waals surface area contributed by atoms with Gasteiger partial charge >= 0.3 is 5.97 Å². The van der Waals surface area contributed by atoms with E-state index in [0.29, 0.717) is 0 Å². The van der Waals surface area contributed by atoms with Gasteiger partial charge in [0.2, 0.25) is 0 Å². The Morgan fingerprint density at radius 1 is 1.64 bits per heavy atom. The molecule has 0 aliphatic rings. The molecule has 0 radical (unpaired) electrons. The van der Waals surface area contributed by atoms with Gasteiger partial charge in [0, 0.05) is 4.90 Å². The van der Waals surface area contributed by atoms with Crippen molar-refractivity contribution in [1.29, 1.82) is 5.26 Å². The number of esters is 1. The molecule has 0 amide bonds. The fourth-order valence-electron chi connectivity index (χ4n) is 0.961. The van der Waals surface area contributed by atoms with E-state index in [-0.39, 0.29) is 16.0 Å². The standard InChI is InChI=1S/C9H6FNO2S/c1-13-9(12)8-6(10)2-5(4-11)3-7(8)14/h2-3,14H,1H3. The lowest BCUT2D eigenvalue weighted by Crippen LogP contribution is -2.06. The molecule has 1 aromatic carbocycles. The number of halogens is 1. The first kappa shape index (κ1) is 10.5. The molecule has 0 aromatic heterocycles. The minimum Gasteiger partial charge on any atom is -0.465 e. The molecule has 3 nitrogen and oxygen atoms in total. The van der Waals surface area contributed by atoms with Crippen molar-refractivity contribution in [3.8, 4) is 6.07 Å². The highest BCUT2D eigenvalue weighted by Crippen LogP contribution is 2.20. The summed E-state index contributed by atoms with van der Waals surface area (Å²) in [5.41, 5.74) is -0.144. The zero-order valence-corrected chi connectivity index (χ0v) is 8.14. The van der Waals surface area contributed by atoms with Gasteiger partial charge in [-0.25, -0.2) is 9.18 Å². The summed E-state index contributed by atoms with van der Waals surface area (Å²) in [5.74, 6) is -1.61. The Bertz CT molecular complexity index is 402. The summed E-state index contributed by atoms with van der Waals surface area (Å²) < 4.78 is 17.6. The van der Waals surface area contributed by atoms with Gasteiger partial charge in [-0.3, -0.25) is 0 Å². The molecule has 1 aromatic rings. The normalized spacial score (nSPS) is 9.29. The summed E-state index contributed by atoms with van der Waals surface area (Å²) in [5, 5.41) is 8.51. The summed E-state index contributed by atoms with van der Waals surface area (Å²) >= 11 is 3.89. The van der Waals surface area contributed by atoms with Gasteiger partial charge < -0.3 is 4.74 Å². The maximum atomic E-state index is 13.2. The van der Waals surface area contributed by atoms with Crippen LogP contribution in [0.2, 0.25) is 0 Å². The van der Waals surface area contributed by atoms with Crippen LogP contribution in [-0.4, -0.2) is 13.1 Å². The van der Waals surface area contributed by atoms with Crippen LogP contribution in [0.5, 0.6) is 0 Å². The first-order valence-electron chi connectivity index (χ1n) is 3.61. The quantitative estimate of drug-likeness (QED) is 0.569. The fraction of sp³-hybridized carbons (Fsp3) is 0.111. The van der Waals surface area contributed by atoms with E-state index >= 15 is 0 Å². The number of ether oxygens (including phenoxy) is 1. The van der Waals surface area contributed by atoms with E-state index in [1.54, 1.807) is 6.07 Å². The van der Waals surface area contributed by atoms with Crippen molar-refractivity contribution < 1.29 is 13.9 Å². The molecule has 0 saturated carbocycles. The number of rotatable bonds is 1. The number of nitriles is 1. The predicted octanol–water partition coefficient (Wildman–Crippen LogP) is 1.77. The lowest BCUT2D eigenvalue weighted by Gasteiger charge is -2.04. The molecular weight excluding hydrogens is 205 g/mol. The number of methoxy groups -OCH3 is 1. The molecule has 0 bridgehead atoms. The van der Waals surface area contributed by atoms with Gasteiger partial charge in [-0.15, -0.1) is 12.6 Å². The summed E-state index contributed by atoms with van der Waals surface area (Å²) in [6.45, 7) is 0. The minimum absolute atomic E-state index is 0.0911. The Morgan fingerprint density at radius 3 is 2.71 bits per heavy atom. The smallest absolute Gasteiger partial charge is 0.341 e. The lowest BCUT2D eigenvalue weighted by molar-refractivity contribution is 0.0591. The second-order valence-electron chi connectivity index (χ2n) is 2.46. The highest BCUT2D eigenvalue weighted by atomic mass is 32.1. The number of benzene rings is 1. The molecule has 0 atom stereocenters. The van der Waals surface area contributed by atoms with Crippen LogP contribution in [0.1, 0.15) is 15.9 Å². The molecule has 14 heavy (non-hydrogen) atoms. The maximum absolute atomic E-state index is 13.2. The molecule has 0 aliphatic heterocycles. The van der Waals surface area contributed by atoms with Crippen LogP contribution in [-0.2, 0) is 4.74 Å². The van der Waals surface area contributed by atoms with Gasteiger partial charge in [0.25, 0.3) is 0 Å². The van der Waals surface area contributed by atoms with Crippen molar-refractivity contribution >= 4 is 18.6 Å². The molecule has 0 aliphatic carbocycles. The van der Waals surface area contributed by atoms with Gasteiger partial charge in [-0.2, -0.15) is 5.26 Å². The third-order valence-electron chi connectivity index (χ3n) is 1.59. The average molecular weight is 211 g/mol. The van der Waals surface area contributed by atoms with Crippen molar-refractivity contribution in [2.75, 3.05) is 7.11 Å². The number of nitrogens with zero attached hydrogens (tertiary/aromatic N) is 1. The molecular formula is C9H6FNO2S. The number of hydrogen-bond acceptors (Lipinski definition) is 4.